The molecule has 2 saturated heterocycles. The Labute approximate surface area is 105 Å². The van der Waals surface area contributed by atoms with Gasteiger partial charge in [-0.2, -0.15) is 7.82 Å². The summed E-state index contributed by atoms with van der Waals surface area (Å²) in [7, 11) is -14.1. The first kappa shape index (κ1) is 17.9. The van der Waals surface area contributed by atoms with E-state index in [-0.39, 0.29) is 18.6 Å². The zero-order valence-electron chi connectivity index (χ0n) is 7.19. The summed E-state index contributed by atoms with van der Waals surface area (Å²) < 4.78 is 44.2. The van der Waals surface area contributed by atoms with Gasteiger partial charge in [0.25, 0.3) is 15.6 Å². The molecule has 2 heterocycles. The van der Waals surface area contributed by atoms with Gasteiger partial charge in [0.15, 0.2) is 0 Å². The van der Waals surface area contributed by atoms with Crippen LogP contribution in [0.15, 0.2) is 0 Å². The number of hydrogen-bond donors (Lipinski definition) is 0. The van der Waals surface area contributed by atoms with Crippen LogP contribution in [0.3, 0.4) is 0 Å². The maximum Gasteiger partial charge on any atom is 0.438 e. The Morgan fingerprint density at radius 1 is 0.882 bits per heavy atom. The molecule has 12 nitrogen and oxygen atoms in total. The minimum atomic E-state index is -5.39. The molecular formula is CO12P3V-5. The molecule has 1 radical (unpaired) electrons. The average molecular weight is 348 g/mol. The van der Waals surface area contributed by atoms with E-state index in [9.17, 15) is 18.9 Å². The largest absolute Gasteiger partial charge is 0.822 e. The SMILES string of the molecule is O=P([O-])([O-])[O-].O=P1([O-])OC2(O1)OP(=O)([O-])O2.[V]. The maximum absolute atomic E-state index is 10.1. The monoisotopic (exact) mass is 348 g/mol. The van der Waals surface area contributed by atoms with Gasteiger partial charge < -0.3 is 29.0 Å². The first-order valence-corrected chi connectivity index (χ1v) is 7.39. The van der Waals surface area contributed by atoms with E-state index in [1.165, 1.54) is 0 Å². The summed E-state index contributed by atoms with van der Waals surface area (Å²) in [5.41, 5.74) is 0. The summed E-state index contributed by atoms with van der Waals surface area (Å²) in [5, 5.41) is 0. The second-order valence-electron chi connectivity index (χ2n) is 2.21. The van der Waals surface area contributed by atoms with Crippen molar-refractivity contribution in [3.05, 3.63) is 0 Å². The predicted octanol–water partition coefficient (Wildman–Crippen LogP) is -4.20. The smallest absolute Gasteiger partial charge is 0.438 e. The summed E-state index contributed by atoms with van der Waals surface area (Å²) in [6.07, 6.45) is -2.34. The van der Waals surface area contributed by atoms with Crippen molar-refractivity contribution in [3.8, 4) is 0 Å². The van der Waals surface area contributed by atoms with Crippen molar-refractivity contribution >= 4 is 23.5 Å². The molecule has 0 unspecified atom stereocenters. The normalized spacial score (nSPS) is 43.6. The van der Waals surface area contributed by atoms with Crippen LogP contribution in [-0.2, 0) is 50.3 Å². The molecule has 0 saturated carbocycles. The second-order valence-corrected chi connectivity index (χ2v) is 5.62. The van der Waals surface area contributed by atoms with Gasteiger partial charge in [-0.15, -0.1) is 0 Å². The number of rotatable bonds is 0. The fourth-order valence-electron chi connectivity index (χ4n) is 0.628. The molecule has 0 aromatic rings. The third-order valence-corrected chi connectivity index (χ3v) is 2.68. The molecule has 0 aliphatic carbocycles. The van der Waals surface area contributed by atoms with E-state index >= 15 is 0 Å². The molecule has 101 valence electrons. The van der Waals surface area contributed by atoms with Gasteiger partial charge in [0, 0.05) is 18.6 Å². The van der Waals surface area contributed by atoms with E-state index in [2.05, 4.69) is 18.1 Å². The van der Waals surface area contributed by atoms with E-state index in [1.54, 1.807) is 0 Å². The maximum atomic E-state index is 10.1. The van der Waals surface area contributed by atoms with Crippen LogP contribution in [0, 0.1) is 0 Å². The fourth-order valence-corrected chi connectivity index (χ4v) is 2.28. The summed E-state index contributed by atoms with van der Waals surface area (Å²) >= 11 is 0. The minimum Gasteiger partial charge on any atom is -0.822 e. The van der Waals surface area contributed by atoms with Gasteiger partial charge in [-0.05, 0) is 0 Å². The molecule has 0 amide bonds. The van der Waals surface area contributed by atoms with Crippen LogP contribution in [0.1, 0.15) is 0 Å². The van der Waals surface area contributed by atoms with Crippen molar-refractivity contribution in [3.63, 3.8) is 0 Å². The minimum absolute atomic E-state index is 0. The summed E-state index contributed by atoms with van der Waals surface area (Å²) in [5.74, 6) is 0. The number of phosphoric ester groups is 2. The molecular weight excluding hydrogens is 348 g/mol. The fraction of sp³-hybridized carbons (Fsp3) is 1.00. The van der Waals surface area contributed by atoms with Gasteiger partial charge in [-0.3, -0.25) is 9.13 Å². The van der Waals surface area contributed by atoms with E-state index in [1.807, 2.05) is 0 Å². The van der Waals surface area contributed by atoms with Gasteiger partial charge in [0.2, 0.25) is 0 Å². The molecule has 0 aromatic carbocycles. The van der Waals surface area contributed by atoms with E-state index in [0.717, 1.165) is 0 Å². The van der Waals surface area contributed by atoms with Crippen LogP contribution in [0.5, 0.6) is 0 Å². The van der Waals surface area contributed by atoms with Crippen LogP contribution in [0.4, 0.5) is 0 Å². The van der Waals surface area contributed by atoms with Gasteiger partial charge in [-0.1, -0.05) is 0 Å². The molecule has 2 fully saturated rings. The summed E-state index contributed by atoms with van der Waals surface area (Å²) in [6, 6.07) is 0. The first-order valence-electron chi connectivity index (χ1n) is 3.01. The van der Waals surface area contributed by atoms with Crippen LogP contribution < -0.4 is 24.5 Å². The number of hydrogen-bond acceptors (Lipinski definition) is 12. The molecule has 2 rings (SSSR count). The van der Waals surface area contributed by atoms with Crippen molar-refractivity contribution in [1.82, 2.24) is 0 Å². The zero-order chi connectivity index (χ0) is 12.8. The van der Waals surface area contributed by atoms with Gasteiger partial charge in [0.05, 0.1) is 0 Å². The molecule has 0 N–H and O–H groups in total. The Morgan fingerprint density at radius 3 is 1.18 bits per heavy atom. The molecule has 1 spiro atoms. The zero-order valence-corrected chi connectivity index (χ0v) is 11.3. The van der Waals surface area contributed by atoms with Crippen LogP contribution in [0.2, 0.25) is 0 Å². The molecule has 2 aliphatic heterocycles. The topological polar surface area (TPSA) is 203 Å². The summed E-state index contributed by atoms with van der Waals surface area (Å²) in [6.45, 7) is 0. The van der Waals surface area contributed by atoms with Gasteiger partial charge in [-0.25, -0.2) is 18.1 Å². The van der Waals surface area contributed by atoms with Crippen molar-refractivity contribution in [2.45, 2.75) is 6.16 Å². The molecule has 0 bridgehead atoms. The molecule has 16 heteroatoms. The van der Waals surface area contributed by atoms with Crippen molar-refractivity contribution in [1.29, 1.82) is 0 Å². The molecule has 0 aromatic heterocycles. The van der Waals surface area contributed by atoms with Crippen LogP contribution in [-0.4, -0.2) is 6.16 Å². The van der Waals surface area contributed by atoms with Crippen molar-refractivity contribution in [2.75, 3.05) is 0 Å². The Kier molecular flexibility index (Phi) is 5.40. The Bertz CT molecular complexity index is 360. The van der Waals surface area contributed by atoms with E-state index < -0.39 is 29.6 Å². The average Bonchev–Trinajstić information content (AvgIpc) is 1.71. The quantitative estimate of drug-likeness (QED) is 0.382. The summed E-state index contributed by atoms with van der Waals surface area (Å²) in [4.78, 5) is 45.9. The third kappa shape index (κ3) is 6.06. The van der Waals surface area contributed by atoms with Crippen LogP contribution in [0.25, 0.3) is 0 Å². The van der Waals surface area contributed by atoms with Crippen LogP contribution >= 0.6 is 23.5 Å². The molecule has 0 atom stereocenters. The Hall–Kier alpha value is 0.914. The molecule has 2 aliphatic rings. The van der Waals surface area contributed by atoms with Gasteiger partial charge in [0.1, 0.15) is 0 Å². The Balaban J connectivity index is 0.000000373. The Morgan fingerprint density at radius 2 is 1.06 bits per heavy atom. The molecule has 17 heavy (non-hydrogen) atoms. The van der Waals surface area contributed by atoms with Gasteiger partial charge >= 0.3 is 6.16 Å². The van der Waals surface area contributed by atoms with Crippen molar-refractivity contribution < 1.29 is 74.8 Å². The predicted molar refractivity (Wildman–Crippen MR) is 29.9 cm³/mol. The van der Waals surface area contributed by atoms with E-state index in [0.29, 0.717) is 0 Å². The van der Waals surface area contributed by atoms with E-state index in [4.69, 9.17) is 19.2 Å². The van der Waals surface area contributed by atoms with Crippen molar-refractivity contribution in [2.24, 2.45) is 0 Å². The second kappa shape index (κ2) is 5.12. The third-order valence-electron chi connectivity index (χ3n) is 0.894. The first-order chi connectivity index (χ1) is 6.83. The number of phosphoric acid groups is 3. The standard InChI is InChI=1S/CH2O8P2.H3O4P.V/c2-10(3)6-1(7-10)8-11(4,5)9-1;1-5(2,3)4;/h(H,2,3)(H,4,5);(H3,1,2,3,4);/p-5.